The Morgan fingerprint density at radius 3 is 2.92 bits per heavy atom. The monoisotopic (exact) mass is 243 g/mol. The van der Waals surface area contributed by atoms with Crippen molar-refractivity contribution in [2.24, 2.45) is 0 Å². The Morgan fingerprint density at radius 1 is 1.54 bits per heavy atom. The summed E-state index contributed by atoms with van der Waals surface area (Å²) in [6, 6.07) is 7.73. The van der Waals surface area contributed by atoms with Crippen LogP contribution in [0.15, 0.2) is 28.7 Å². The number of aryl methyl sites for hydroxylation is 1. The molecule has 1 aromatic rings. The van der Waals surface area contributed by atoms with Crippen LogP contribution in [0.4, 0.5) is 0 Å². The number of carbonyl (C=O) groups excluding carboxylic acids is 1. The number of benzene rings is 1. The van der Waals surface area contributed by atoms with Gasteiger partial charge in [-0.25, -0.2) is 5.48 Å². The third-order valence-corrected chi connectivity index (χ3v) is 2.15. The number of nitrogens with one attached hydrogen (secondary N) is 1. The van der Waals surface area contributed by atoms with Crippen molar-refractivity contribution in [2.45, 2.75) is 12.8 Å². The number of amides is 1. The van der Waals surface area contributed by atoms with E-state index >= 15 is 0 Å². The first-order valence-corrected chi connectivity index (χ1v) is 4.69. The normalized spacial score (nSPS) is 9.69. The summed E-state index contributed by atoms with van der Waals surface area (Å²) in [7, 11) is 0. The number of hydroxylamine groups is 1. The van der Waals surface area contributed by atoms with E-state index in [-0.39, 0.29) is 5.91 Å². The molecule has 1 aromatic carbocycles. The summed E-state index contributed by atoms with van der Waals surface area (Å²) in [5.41, 5.74) is 2.67. The van der Waals surface area contributed by atoms with E-state index < -0.39 is 0 Å². The Kier molecular flexibility index (Phi) is 3.92. The molecule has 70 valence electrons. The van der Waals surface area contributed by atoms with Crippen LogP contribution in [-0.2, 0) is 11.2 Å². The molecule has 2 N–H and O–H groups in total. The van der Waals surface area contributed by atoms with E-state index in [1.807, 2.05) is 24.3 Å². The second kappa shape index (κ2) is 4.99. The average Bonchev–Trinajstić information content (AvgIpc) is 2.14. The van der Waals surface area contributed by atoms with Crippen LogP contribution >= 0.6 is 15.9 Å². The van der Waals surface area contributed by atoms with Crippen molar-refractivity contribution in [1.82, 2.24) is 5.48 Å². The molecule has 0 saturated heterocycles. The maximum absolute atomic E-state index is 10.7. The molecule has 4 heteroatoms. The topological polar surface area (TPSA) is 49.3 Å². The largest absolute Gasteiger partial charge is 0.289 e. The molecule has 1 rings (SSSR count). The number of halogens is 1. The van der Waals surface area contributed by atoms with Crippen LogP contribution in [0.1, 0.15) is 12.0 Å². The van der Waals surface area contributed by atoms with Crippen molar-refractivity contribution >= 4 is 21.8 Å². The van der Waals surface area contributed by atoms with E-state index in [9.17, 15) is 4.79 Å². The lowest BCUT2D eigenvalue weighted by Gasteiger charge is -2.00. The van der Waals surface area contributed by atoms with Crippen molar-refractivity contribution in [3.63, 3.8) is 0 Å². The smallest absolute Gasteiger partial charge is 0.243 e. The molecule has 0 atom stereocenters. The Bertz CT molecular complexity index is 301. The maximum atomic E-state index is 10.7. The lowest BCUT2D eigenvalue weighted by Crippen LogP contribution is -2.18. The molecule has 0 spiro atoms. The van der Waals surface area contributed by atoms with Gasteiger partial charge in [0.1, 0.15) is 0 Å². The highest BCUT2D eigenvalue weighted by atomic mass is 79.9. The molecule has 1 amide bonds. The van der Waals surface area contributed by atoms with Crippen LogP contribution in [0.25, 0.3) is 0 Å². The standard InChI is InChI=1S/C9H10BrNO2/c10-8-3-1-2-7(6-8)4-5-9(12)11-13/h1-3,6,13H,4-5H2,(H,11,12). The molecule has 0 bridgehead atoms. The first kappa shape index (κ1) is 10.2. The first-order chi connectivity index (χ1) is 6.22. The molecule has 0 aliphatic rings. The third kappa shape index (κ3) is 3.57. The van der Waals surface area contributed by atoms with Crippen molar-refractivity contribution in [3.05, 3.63) is 34.3 Å². The van der Waals surface area contributed by atoms with Gasteiger partial charge in [-0.15, -0.1) is 0 Å². The Morgan fingerprint density at radius 2 is 2.31 bits per heavy atom. The average molecular weight is 244 g/mol. The Balaban J connectivity index is 2.50. The zero-order valence-corrected chi connectivity index (χ0v) is 8.54. The van der Waals surface area contributed by atoms with Crippen molar-refractivity contribution < 1.29 is 10.0 Å². The fraction of sp³-hybridized carbons (Fsp3) is 0.222. The Labute approximate surface area is 84.9 Å². The van der Waals surface area contributed by atoms with E-state index in [1.165, 1.54) is 0 Å². The van der Waals surface area contributed by atoms with E-state index in [4.69, 9.17) is 5.21 Å². The van der Waals surface area contributed by atoms with Crippen molar-refractivity contribution in [1.29, 1.82) is 0 Å². The molecule has 0 fully saturated rings. The maximum Gasteiger partial charge on any atom is 0.243 e. The molecule has 0 aliphatic heterocycles. The van der Waals surface area contributed by atoms with E-state index in [0.29, 0.717) is 12.8 Å². The van der Waals surface area contributed by atoms with Crippen LogP contribution in [0, 0.1) is 0 Å². The molecule has 0 aromatic heterocycles. The summed E-state index contributed by atoms with van der Waals surface area (Å²) in [5.74, 6) is -0.361. The molecule has 13 heavy (non-hydrogen) atoms. The summed E-state index contributed by atoms with van der Waals surface area (Å²) in [6.07, 6.45) is 0.929. The van der Waals surface area contributed by atoms with Gasteiger partial charge in [-0.2, -0.15) is 0 Å². The summed E-state index contributed by atoms with van der Waals surface area (Å²) in [6.45, 7) is 0. The molecule has 0 aliphatic carbocycles. The highest BCUT2D eigenvalue weighted by Gasteiger charge is 2.00. The molecule has 3 nitrogen and oxygen atoms in total. The van der Waals surface area contributed by atoms with Crippen LogP contribution in [0.3, 0.4) is 0 Å². The van der Waals surface area contributed by atoms with Gasteiger partial charge in [0.05, 0.1) is 0 Å². The van der Waals surface area contributed by atoms with Gasteiger partial charge in [-0.05, 0) is 24.1 Å². The number of hydrogen-bond donors (Lipinski definition) is 2. The molecule has 0 heterocycles. The summed E-state index contributed by atoms with van der Waals surface area (Å²) < 4.78 is 0.995. The highest BCUT2D eigenvalue weighted by molar-refractivity contribution is 9.10. The van der Waals surface area contributed by atoms with Gasteiger partial charge in [-0.3, -0.25) is 10.0 Å². The Hall–Kier alpha value is -0.870. The number of carbonyl (C=O) groups is 1. The van der Waals surface area contributed by atoms with E-state index in [1.54, 1.807) is 5.48 Å². The lowest BCUT2D eigenvalue weighted by atomic mass is 10.1. The first-order valence-electron chi connectivity index (χ1n) is 3.90. The minimum Gasteiger partial charge on any atom is -0.289 e. The summed E-state index contributed by atoms with van der Waals surface area (Å²) >= 11 is 3.34. The van der Waals surface area contributed by atoms with Gasteiger partial charge in [-0.1, -0.05) is 28.1 Å². The van der Waals surface area contributed by atoms with E-state index in [2.05, 4.69) is 15.9 Å². The van der Waals surface area contributed by atoms with Gasteiger partial charge in [0.15, 0.2) is 0 Å². The van der Waals surface area contributed by atoms with Gasteiger partial charge < -0.3 is 0 Å². The molecular weight excluding hydrogens is 234 g/mol. The van der Waals surface area contributed by atoms with Crippen molar-refractivity contribution in [2.75, 3.05) is 0 Å². The van der Waals surface area contributed by atoms with Gasteiger partial charge >= 0.3 is 0 Å². The number of rotatable bonds is 3. The molecule has 0 saturated carbocycles. The highest BCUT2D eigenvalue weighted by Crippen LogP contribution is 2.12. The quantitative estimate of drug-likeness (QED) is 0.630. The van der Waals surface area contributed by atoms with Gasteiger partial charge in [0, 0.05) is 10.9 Å². The summed E-state index contributed by atoms with van der Waals surface area (Å²) in [4.78, 5) is 10.7. The van der Waals surface area contributed by atoms with Crippen LogP contribution in [0.5, 0.6) is 0 Å². The minimum atomic E-state index is -0.361. The third-order valence-electron chi connectivity index (χ3n) is 1.65. The fourth-order valence-electron chi connectivity index (χ4n) is 1.01. The lowest BCUT2D eigenvalue weighted by molar-refractivity contribution is -0.129. The van der Waals surface area contributed by atoms with Crippen LogP contribution in [0.2, 0.25) is 0 Å². The molecule has 0 radical (unpaired) electrons. The van der Waals surface area contributed by atoms with Gasteiger partial charge in [0.25, 0.3) is 0 Å². The summed E-state index contributed by atoms with van der Waals surface area (Å²) in [5, 5.41) is 8.26. The fourth-order valence-corrected chi connectivity index (χ4v) is 1.45. The SMILES string of the molecule is O=C(CCc1cccc(Br)c1)NO. The van der Waals surface area contributed by atoms with Crippen molar-refractivity contribution in [3.8, 4) is 0 Å². The van der Waals surface area contributed by atoms with Crippen LogP contribution in [-0.4, -0.2) is 11.1 Å². The second-order valence-electron chi connectivity index (χ2n) is 2.66. The number of hydrogen-bond acceptors (Lipinski definition) is 2. The van der Waals surface area contributed by atoms with Gasteiger partial charge in [0.2, 0.25) is 5.91 Å². The minimum absolute atomic E-state index is 0.299. The second-order valence-corrected chi connectivity index (χ2v) is 3.58. The molecule has 0 unspecified atom stereocenters. The zero-order valence-electron chi connectivity index (χ0n) is 6.96. The van der Waals surface area contributed by atoms with Crippen LogP contribution < -0.4 is 5.48 Å². The predicted octanol–water partition coefficient (Wildman–Crippen LogP) is 1.89. The predicted molar refractivity (Wildman–Crippen MR) is 52.4 cm³/mol. The molecular formula is C9H10BrNO2. The van der Waals surface area contributed by atoms with E-state index in [0.717, 1.165) is 10.0 Å². The zero-order chi connectivity index (χ0) is 9.68.